The number of carbonyl (C=O) groups excluding carboxylic acids is 1. The average Bonchev–Trinajstić information content (AvgIpc) is 3.23. The van der Waals surface area contributed by atoms with Gasteiger partial charge in [0.15, 0.2) is 0 Å². The molecule has 0 bridgehead atoms. The van der Waals surface area contributed by atoms with Gasteiger partial charge in [-0.15, -0.1) is 0 Å². The minimum atomic E-state index is 0.131. The molecule has 4 aromatic rings. The molecule has 9 nitrogen and oxygen atoms in total. The minimum Gasteiger partial charge on any atom is -0.494 e. The van der Waals surface area contributed by atoms with Crippen molar-refractivity contribution in [1.82, 2.24) is 19.4 Å². The first-order valence-corrected chi connectivity index (χ1v) is 12.5. The van der Waals surface area contributed by atoms with Crippen LogP contribution in [0, 0.1) is 0 Å². The van der Waals surface area contributed by atoms with E-state index in [4.69, 9.17) is 15.5 Å². The highest BCUT2D eigenvalue weighted by atomic mass is 16.5. The highest BCUT2D eigenvalue weighted by Gasteiger charge is 2.26. The number of methoxy groups -OCH3 is 1. The van der Waals surface area contributed by atoms with Crippen LogP contribution in [0.2, 0.25) is 0 Å². The second kappa shape index (κ2) is 10.1. The normalized spacial score (nSPS) is 13.2. The van der Waals surface area contributed by atoms with Crippen LogP contribution in [0.15, 0.2) is 48.7 Å². The van der Waals surface area contributed by atoms with Crippen LogP contribution in [-0.4, -0.2) is 66.7 Å². The van der Waals surface area contributed by atoms with Gasteiger partial charge in [0.25, 0.3) is 0 Å². The number of ether oxygens (including phenoxy) is 1. The molecule has 0 unspecified atom stereocenters. The summed E-state index contributed by atoms with van der Waals surface area (Å²) in [5.41, 5.74) is 12.3. The van der Waals surface area contributed by atoms with E-state index in [-0.39, 0.29) is 5.91 Å². The maximum atomic E-state index is 12.8. The standard InChI is InChI=1S/C28H33N7O2/c1-33(2)14-15-34(3)24-17-25(37-4)21(16-19(24)29)32-28-30-13-12-20(31-28)27-18-8-5-6-9-22(18)35-23(27)10-7-11-26(35)36/h5-6,8-9,12-13,16-17H,7,10-11,14-15,29H2,1-4H3,(H,30,31,32). The van der Waals surface area contributed by atoms with E-state index in [0.29, 0.717) is 29.5 Å². The third-order valence-corrected chi connectivity index (χ3v) is 6.83. The predicted octanol–water partition coefficient (Wildman–Crippen LogP) is 4.41. The Bertz CT molecular complexity index is 1460. The van der Waals surface area contributed by atoms with Crippen LogP contribution in [0.4, 0.5) is 23.0 Å². The minimum absolute atomic E-state index is 0.131. The first-order valence-electron chi connectivity index (χ1n) is 12.5. The molecule has 192 valence electrons. The number of rotatable bonds is 8. The quantitative estimate of drug-likeness (QED) is 0.344. The molecule has 9 heteroatoms. The fourth-order valence-electron chi connectivity index (χ4n) is 4.95. The number of hydrogen-bond donors (Lipinski definition) is 2. The number of nitrogen functional groups attached to an aromatic ring is 1. The molecule has 1 aliphatic heterocycles. The van der Waals surface area contributed by atoms with Gasteiger partial charge in [0.1, 0.15) is 5.75 Å². The molecule has 0 radical (unpaired) electrons. The van der Waals surface area contributed by atoms with Gasteiger partial charge in [-0.25, -0.2) is 9.97 Å². The van der Waals surface area contributed by atoms with Crippen LogP contribution in [-0.2, 0) is 6.42 Å². The molecule has 0 fully saturated rings. The summed E-state index contributed by atoms with van der Waals surface area (Å²) in [5, 5.41) is 4.31. The molecule has 2 aromatic carbocycles. The number of para-hydroxylation sites is 1. The molecule has 5 rings (SSSR count). The number of carbonyl (C=O) groups is 1. The first-order chi connectivity index (χ1) is 17.9. The van der Waals surface area contributed by atoms with Gasteiger partial charge in [-0.05, 0) is 45.1 Å². The SMILES string of the molecule is COc1cc(N(C)CCN(C)C)c(N)cc1Nc1nccc(-c2c3n(c4ccccc24)C(=O)CCC3)n1. The van der Waals surface area contributed by atoms with E-state index in [1.807, 2.05) is 68.2 Å². The number of benzene rings is 2. The van der Waals surface area contributed by atoms with Crippen molar-refractivity contribution in [2.45, 2.75) is 19.3 Å². The summed E-state index contributed by atoms with van der Waals surface area (Å²) < 4.78 is 7.54. The number of fused-ring (bicyclic) bond motifs is 3. The lowest BCUT2D eigenvalue weighted by atomic mass is 10.0. The van der Waals surface area contributed by atoms with Gasteiger partial charge in [-0.3, -0.25) is 9.36 Å². The van der Waals surface area contributed by atoms with E-state index in [1.165, 1.54) is 0 Å². The van der Waals surface area contributed by atoms with E-state index in [9.17, 15) is 4.79 Å². The lowest BCUT2D eigenvalue weighted by Crippen LogP contribution is -2.29. The smallest absolute Gasteiger partial charge is 0.231 e. The van der Waals surface area contributed by atoms with Gasteiger partial charge in [-0.2, -0.15) is 0 Å². The number of aromatic nitrogens is 3. The van der Waals surface area contributed by atoms with Crippen molar-refractivity contribution in [2.75, 3.05) is 57.3 Å². The number of nitrogens with one attached hydrogen (secondary N) is 1. The Morgan fingerprint density at radius 1 is 1.11 bits per heavy atom. The summed E-state index contributed by atoms with van der Waals surface area (Å²) in [5.74, 6) is 1.20. The zero-order valence-corrected chi connectivity index (χ0v) is 21.8. The summed E-state index contributed by atoms with van der Waals surface area (Å²) in [7, 11) is 7.74. The summed E-state index contributed by atoms with van der Waals surface area (Å²) in [6.45, 7) is 1.74. The number of anilines is 4. The second-order valence-corrected chi connectivity index (χ2v) is 9.65. The fraction of sp³-hybridized carbons (Fsp3) is 0.321. The summed E-state index contributed by atoms with van der Waals surface area (Å²) in [6.07, 6.45) is 3.95. The summed E-state index contributed by atoms with van der Waals surface area (Å²) >= 11 is 0. The summed E-state index contributed by atoms with van der Waals surface area (Å²) in [6, 6.07) is 13.7. The summed E-state index contributed by atoms with van der Waals surface area (Å²) in [4.78, 5) is 26.3. The Morgan fingerprint density at radius 2 is 1.92 bits per heavy atom. The molecule has 0 saturated carbocycles. The van der Waals surface area contributed by atoms with Gasteiger partial charge in [-0.1, -0.05) is 18.2 Å². The average molecular weight is 500 g/mol. The van der Waals surface area contributed by atoms with Crippen molar-refractivity contribution >= 4 is 39.8 Å². The Kier molecular flexibility index (Phi) is 6.71. The monoisotopic (exact) mass is 499 g/mol. The number of nitrogens with two attached hydrogens (primary N) is 1. The fourth-order valence-corrected chi connectivity index (χ4v) is 4.95. The molecular weight excluding hydrogens is 466 g/mol. The van der Waals surface area contributed by atoms with Crippen LogP contribution >= 0.6 is 0 Å². The lowest BCUT2D eigenvalue weighted by molar-refractivity contribution is 0.0890. The van der Waals surface area contributed by atoms with E-state index in [1.54, 1.807) is 13.3 Å². The highest BCUT2D eigenvalue weighted by Crippen LogP contribution is 2.39. The third-order valence-electron chi connectivity index (χ3n) is 6.83. The second-order valence-electron chi connectivity index (χ2n) is 9.65. The van der Waals surface area contributed by atoms with E-state index in [0.717, 1.165) is 59.5 Å². The molecule has 37 heavy (non-hydrogen) atoms. The molecule has 0 atom stereocenters. The van der Waals surface area contributed by atoms with Gasteiger partial charge in [0, 0.05) is 55.5 Å². The first kappa shape index (κ1) is 24.6. The Morgan fingerprint density at radius 3 is 2.70 bits per heavy atom. The van der Waals surface area contributed by atoms with Crippen molar-refractivity contribution in [3.8, 4) is 17.0 Å². The largest absolute Gasteiger partial charge is 0.494 e. The maximum Gasteiger partial charge on any atom is 0.231 e. The van der Waals surface area contributed by atoms with Crippen molar-refractivity contribution < 1.29 is 9.53 Å². The maximum absolute atomic E-state index is 12.8. The number of likely N-dealkylation sites (N-methyl/N-ethyl adjacent to an activating group) is 2. The van der Waals surface area contributed by atoms with E-state index >= 15 is 0 Å². The molecule has 2 aromatic heterocycles. The van der Waals surface area contributed by atoms with Crippen LogP contribution < -0.4 is 20.7 Å². The molecule has 3 N–H and O–H groups in total. The number of nitrogens with zero attached hydrogens (tertiary/aromatic N) is 5. The van der Waals surface area contributed by atoms with Gasteiger partial charge in [0.2, 0.25) is 11.9 Å². The Hall–Kier alpha value is -4.11. The topological polar surface area (TPSA) is 102 Å². The number of hydrogen-bond acceptors (Lipinski definition) is 8. The molecule has 3 heterocycles. The Labute approximate surface area is 216 Å². The highest BCUT2D eigenvalue weighted by molar-refractivity contribution is 6.04. The molecular formula is C28H33N7O2. The lowest BCUT2D eigenvalue weighted by Gasteiger charge is -2.24. The van der Waals surface area contributed by atoms with Crippen molar-refractivity contribution in [2.24, 2.45) is 0 Å². The van der Waals surface area contributed by atoms with Gasteiger partial charge >= 0.3 is 0 Å². The van der Waals surface area contributed by atoms with Crippen LogP contribution in [0.5, 0.6) is 5.75 Å². The molecule has 0 spiro atoms. The Balaban J connectivity index is 1.50. The van der Waals surface area contributed by atoms with E-state index < -0.39 is 0 Å². The molecule has 1 aliphatic rings. The van der Waals surface area contributed by atoms with E-state index in [2.05, 4.69) is 20.1 Å². The van der Waals surface area contributed by atoms with Crippen molar-refractivity contribution in [3.05, 3.63) is 54.4 Å². The van der Waals surface area contributed by atoms with Crippen LogP contribution in [0.25, 0.3) is 22.2 Å². The molecule has 0 saturated heterocycles. The van der Waals surface area contributed by atoms with Crippen LogP contribution in [0.1, 0.15) is 23.3 Å². The van der Waals surface area contributed by atoms with Crippen LogP contribution in [0.3, 0.4) is 0 Å². The van der Waals surface area contributed by atoms with Gasteiger partial charge in [0.05, 0.1) is 35.4 Å². The third kappa shape index (κ3) is 4.70. The van der Waals surface area contributed by atoms with Crippen molar-refractivity contribution in [1.29, 1.82) is 0 Å². The van der Waals surface area contributed by atoms with Gasteiger partial charge < -0.3 is 25.6 Å². The molecule has 0 aliphatic carbocycles. The zero-order chi connectivity index (χ0) is 26.1. The van der Waals surface area contributed by atoms with Crippen molar-refractivity contribution in [3.63, 3.8) is 0 Å². The predicted molar refractivity (Wildman–Crippen MR) is 149 cm³/mol. The molecule has 0 amide bonds. The zero-order valence-electron chi connectivity index (χ0n) is 21.8.